The molecule has 0 unspecified atom stereocenters. The van der Waals surface area contributed by atoms with E-state index in [1.165, 1.54) is 0 Å². The topological polar surface area (TPSA) is 54.6 Å². The van der Waals surface area contributed by atoms with Crippen molar-refractivity contribution >= 4 is 22.1 Å². The summed E-state index contributed by atoms with van der Waals surface area (Å²) in [7, 11) is 0. The molecule has 0 aliphatic carbocycles. The van der Waals surface area contributed by atoms with Crippen LogP contribution in [0, 0.1) is 11.3 Å². The summed E-state index contributed by atoms with van der Waals surface area (Å²) in [5.74, 6) is 0.742. The highest BCUT2D eigenvalue weighted by Crippen LogP contribution is 2.25. The van der Waals surface area contributed by atoms with Gasteiger partial charge in [0.05, 0.1) is 22.3 Å². The van der Waals surface area contributed by atoms with Crippen molar-refractivity contribution in [3.63, 3.8) is 0 Å². The minimum atomic E-state index is 0.252. The van der Waals surface area contributed by atoms with Gasteiger partial charge in [-0.25, -0.2) is 0 Å². The van der Waals surface area contributed by atoms with Gasteiger partial charge in [-0.1, -0.05) is 36.0 Å². The lowest BCUT2D eigenvalue weighted by Gasteiger charge is -2.06. The van der Waals surface area contributed by atoms with E-state index in [1.807, 2.05) is 36.4 Å². The normalized spacial score (nSPS) is 10.3. The molecule has 0 radical (unpaired) electrons. The van der Waals surface area contributed by atoms with Gasteiger partial charge in [-0.2, -0.15) is 5.26 Å². The van der Waals surface area contributed by atoms with Gasteiger partial charge in [-0.15, -0.1) is 0 Å². The van der Waals surface area contributed by atoms with Crippen molar-refractivity contribution < 1.29 is 9.57 Å². The Labute approximate surface area is 143 Å². The summed E-state index contributed by atoms with van der Waals surface area (Å²) >= 11 is 3.44. The smallest absolute Gasteiger partial charge is 0.143 e. The molecule has 0 fully saturated rings. The first-order chi connectivity index (χ1) is 11.2. The minimum Gasteiger partial charge on any atom is -0.488 e. The summed E-state index contributed by atoms with van der Waals surface area (Å²) in [6.07, 6.45) is 3.30. The summed E-state index contributed by atoms with van der Waals surface area (Å²) < 4.78 is 6.31. The Bertz CT molecular complexity index is 751. The van der Waals surface area contributed by atoms with Crippen LogP contribution in [-0.4, -0.2) is 12.8 Å². The van der Waals surface area contributed by atoms with Gasteiger partial charge in [0.25, 0.3) is 0 Å². The third-order valence-corrected chi connectivity index (χ3v) is 3.57. The Balaban J connectivity index is 1.94. The molecule has 0 amide bonds. The fraction of sp³-hybridized carbons (Fsp3) is 0.111. The Kier molecular flexibility index (Phi) is 6.40. The summed E-state index contributed by atoms with van der Waals surface area (Å²) in [6, 6.07) is 15.0. The van der Waals surface area contributed by atoms with Crippen LogP contribution in [0.3, 0.4) is 0 Å². The van der Waals surface area contributed by atoms with Crippen LogP contribution in [0.1, 0.15) is 16.7 Å². The number of nitrogens with zero attached hydrogens (tertiary/aromatic N) is 2. The van der Waals surface area contributed by atoms with Gasteiger partial charge < -0.3 is 9.57 Å². The van der Waals surface area contributed by atoms with Gasteiger partial charge in [0, 0.05) is 5.56 Å². The molecule has 0 spiro atoms. The Morgan fingerprint density at radius 2 is 2.09 bits per heavy atom. The summed E-state index contributed by atoms with van der Waals surface area (Å²) in [5.41, 5.74) is 2.27. The average Bonchev–Trinajstić information content (AvgIpc) is 2.58. The van der Waals surface area contributed by atoms with E-state index in [9.17, 15) is 0 Å². The standard InChI is InChI=1S/C18H15BrN2O2/c1-2-9-22-18-8-7-14(10-17(18)19)12-21-23-13-16-6-4-3-5-15(16)11-20/h2-8,10,12H,1,9,13H2/b21-12-. The predicted octanol–water partition coefficient (Wildman–Crippen LogP) is 4.44. The fourth-order valence-electron chi connectivity index (χ4n) is 1.82. The van der Waals surface area contributed by atoms with Crippen molar-refractivity contribution in [1.82, 2.24) is 0 Å². The lowest BCUT2D eigenvalue weighted by atomic mass is 10.1. The molecule has 0 aliphatic rings. The Morgan fingerprint density at radius 3 is 2.83 bits per heavy atom. The number of rotatable bonds is 7. The van der Waals surface area contributed by atoms with E-state index in [4.69, 9.17) is 14.8 Å². The summed E-state index contributed by atoms with van der Waals surface area (Å²) in [4.78, 5) is 5.26. The Hall–Kier alpha value is -2.58. The zero-order valence-corrected chi connectivity index (χ0v) is 14.0. The lowest BCUT2D eigenvalue weighted by Crippen LogP contribution is -1.95. The van der Waals surface area contributed by atoms with Crippen LogP contribution in [0.15, 0.2) is 64.7 Å². The van der Waals surface area contributed by atoms with Crippen molar-refractivity contribution in [1.29, 1.82) is 5.26 Å². The van der Waals surface area contributed by atoms with Crippen molar-refractivity contribution in [3.8, 4) is 11.8 Å². The molecule has 0 saturated heterocycles. The summed E-state index contributed by atoms with van der Waals surface area (Å²) in [6.45, 7) is 4.32. The molecule has 2 aromatic carbocycles. The van der Waals surface area contributed by atoms with Crippen molar-refractivity contribution in [2.45, 2.75) is 6.61 Å². The first-order valence-electron chi connectivity index (χ1n) is 6.91. The molecule has 0 atom stereocenters. The van der Waals surface area contributed by atoms with Gasteiger partial charge >= 0.3 is 0 Å². The molecule has 5 heteroatoms. The minimum absolute atomic E-state index is 0.252. The van der Waals surface area contributed by atoms with Crippen LogP contribution in [0.2, 0.25) is 0 Å². The maximum atomic E-state index is 9.00. The van der Waals surface area contributed by atoms with Crippen molar-refractivity contribution in [3.05, 3.63) is 76.3 Å². The van der Waals surface area contributed by atoms with Crippen molar-refractivity contribution in [2.75, 3.05) is 6.61 Å². The molecular formula is C18H15BrN2O2. The van der Waals surface area contributed by atoms with Crippen LogP contribution < -0.4 is 4.74 Å². The third-order valence-electron chi connectivity index (χ3n) is 2.95. The van der Waals surface area contributed by atoms with E-state index in [1.54, 1.807) is 18.4 Å². The fourth-order valence-corrected chi connectivity index (χ4v) is 2.33. The van der Waals surface area contributed by atoms with Gasteiger partial charge in [0.2, 0.25) is 0 Å². The zero-order chi connectivity index (χ0) is 16.5. The number of hydrogen-bond donors (Lipinski definition) is 0. The first kappa shape index (κ1) is 16.8. The molecule has 0 saturated carbocycles. The second-order valence-corrected chi connectivity index (χ2v) is 5.42. The van der Waals surface area contributed by atoms with Gasteiger partial charge in [0.15, 0.2) is 0 Å². The maximum absolute atomic E-state index is 9.00. The summed E-state index contributed by atoms with van der Waals surface area (Å²) in [5, 5.41) is 12.9. The number of benzene rings is 2. The largest absolute Gasteiger partial charge is 0.488 e. The number of hydrogen-bond acceptors (Lipinski definition) is 4. The average molecular weight is 371 g/mol. The zero-order valence-electron chi connectivity index (χ0n) is 12.4. The number of nitriles is 1. The van der Waals surface area contributed by atoms with Crippen LogP contribution in [0.4, 0.5) is 0 Å². The molecule has 4 nitrogen and oxygen atoms in total. The van der Waals surface area contributed by atoms with Crippen LogP contribution >= 0.6 is 15.9 Å². The van der Waals surface area contributed by atoms with Crippen LogP contribution in [0.25, 0.3) is 0 Å². The third kappa shape index (κ3) is 4.97. The highest BCUT2D eigenvalue weighted by Gasteiger charge is 2.02. The molecule has 0 bridgehead atoms. The lowest BCUT2D eigenvalue weighted by molar-refractivity contribution is 0.132. The van der Waals surface area contributed by atoms with Crippen LogP contribution in [0.5, 0.6) is 5.75 Å². The monoisotopic (exact) mass is 370 g/mol. The van der Waals surface area contributed by atoms with E-state index in [2.05, 4.69) is 33.7 Å². The molecule has 2 rings (SSSR count). The molecule has 116 valence electrons. The van der Waals surface area contributed by atoms with Crippen LogP contribution in [-0.2, 0) is 11.4 Å². The highest BCUT2D eigenvalue weighted by molar-refractivity contribution is 9.10. The number of ether oxygens (including phenoxy) is 1. The number of oxime groups is 1. The molecular weight excluding hydrogens is 356 g/mol. The molecule has 23 heavy (non-hydrogen) atoms. The second kappa shape index (κ2) is 8.76. The Morgan fingerprint density at radius 1 is 1.26 bits per heavy atom. The van der Waals surface area contributed by atoms with Crippen molar-refractivity contribution in [2.24, 2.45) is 5.16 Å². The van der Waals surface area contributed by atoms with Gasteiger partial charge in [0.1, 0.15) is 19.0 Å². The van der Waals surface area contributed by atoms with E-state index in [0.717, 1.165) is 21.3 Å². The predicted molar refractivity (Wildman–Crippen MR) is 93.4 cm³/mol. The first-order valence-corrected chi connectivity index (χ1v) is 7.70. The molecule has 0 aliphatic heterocycles. The quantitative estimate of drug-likeness (QED) is 0.411. The van der Waals surface area contributed by atoms with Gasteiger partial charge in [-0.3, -0.25) is 0 Å². The molecule has 0 heterocycles. The number of halogens is 1. The molecule has 0 N–H and O–H groups in total. The van der Waals surface area contributed by atoms with Gasteiger partial charge in [-0.05, 0) is 45.8 Å². The molecule has 0 aromatic heterocycles. The van der Waals surface area contributed by atoms with E-state index in [-0.39, 0.29) is 6.61 Å². The van der Waals surface area contributed by atoms with E-state index >= 15 is 0 Å². The SMILES string of the molecule is C=CCOc1ccc(/C=N\OCc2ccccc2C#N)cc1Br. The highest BCUT2D eigenvalue weighted by atomic mass is 79.9. The van der Waals surface area contributed by atoms with E-state index in [0.29, 0.717) is 12.2 Å². The molecule has 2 aromatic rings. The van der Waals surface area contributed by atoms with E-state index < -0.39 is 0 Å². The second-order valence-electron chi connectivity index (χ2n) is 4.57. The maximum Gasteiger partial charge on any atom is 0.143 e.